The van der Waals surface area contributed by atoms with E-state index in [4.69, 9.17) is 4.42 Å². The summed E-state index contributed by atoms with van der Waals surface area (Å²) in [6.07, 6.45) is 10.9. The molecule has 0 saturated heterocycles. The van der Waals surface area contributed by atoms with Crippen LogP contribution < -0.4 is 0 Å². The molecule has 3 rings (SSSR count). The van der Waals surface area contributed by atoms with Gasteiger partial charge in [0.05, 0.1) is 11.8 Å². The standard InChI is InChI=1S/C20H31O.BF4/c1-14-12-19(17-10-6-4-8-15(17)2)21-20(13-14)18-11-7-5-9-16(18)3;2-1(3,4)5/h12-13,15-18H,4-11H2,1-3H3;/q+1;-1/t15-,16+,17+,18-;. The van der Waals surface area contributed by atoms with Crippen LogP contribution in [0.5, 0.6) is 0 Å². The van der Waals surface area contributed by atoms with Gasteiger partial charge in [0.15, 0.2) is 0 Å². The summed E-state index contributed by atoms with van der Waals surface area (Å²) < 4.78 is 45.5. The summed E-state index contributed by atoms with van der Waals surface area (Å²) >= 11 is 0. The normalized spacial score (nSPS) is 29.7. The van der Waals surface area contributed by atoms with Crippen LogP contribution in [0, 0.1) is 18.8 Å². The van der Waals surface area contributed by atoms with Gasteiger partial charge >= 0.3 is 18.8 Å². The van der Waals surface area contributed by atoms with Crippen molar-refractivity contribution in [1.82, 2.24) is 0 Å². The number of halogens is 4. The number of aryl methyl sites for hydroxylation is 1. The summed E-state index contributed by atoms with van der Waals surface area (Å²) in [4.78, 5) is 0. The maximum atomic E-state index is 9.75. The van der Waals surface area contributed by atoms with Crippen LogP contribution in [-0.4, -0.2) is 7.25 Å². The van der Waals surface area contributed by atoms with Gasteiger partial charge in [-0.2, -0.15) is 0 Å². The van der Waals surface area contributed by atoms with Crippen molar-refractivity contribution in [3.8, 4) is 0 Å². The van der Waals surface area contributed by atoms with Gasteiger partial charge in [-0.3, -0.25) is 0 Å². The largest absolute Gasteiger partial charge is 0.673 e. The minimum atomic E-state index is -6.00. The van der Waals surface area contributed by atoms with Crippen molar-refractivity contribution in [1.29, 1.82) is 0 Å². The maximum absolute atomic E-state index is 9.75. The number of hydrogen-bond acceptors (Lipinski definition) is 0. The third-order valence-electron chi connectivity index (χ3n) is 5.93. The first-order chi connectivity index (χ1) is 12.1. The zero-order valence-corrected chi connectivity index (χ0v) is 16.1. The van der Waals surface area contributed by atoms with Crippen LogP contribution in [0.3, 0.4) is 0 Å². The second-order valence-electron chi connectivity index (χ2n) is 8.17. The molecule has 0 unspecified atom stereocenters. The molecule has 26 heavy (non-hydrogen) atoms. The highest BCUT2D eigenvalue weighted by Gasteiger charge is 2.36. The molecule has 2 saturated carbocycles. The van der Waals surface area contributed by atoms with E-state index in [1.807, 2.05) is 0 Å². The van der Waals surface area contributed by atoms with Crippen molar-refractivity contribution in [2.75, 3.05) is 0 Å². The van der Waals surface area contributed by atoms with Crippen LogP contribution in [0.2, 0.25) is 0 Å². The Kier molecular flexibility index (Phi) is 7.54. The van der Waals surface area contributed by atoms with Crippen LogP contribution in [0.1, 0.15) is 94.1 Å². The van der Waals surface area contributed by atoms with Crippen molar-refractivity contribution in [2.45, 2.75) is 84.0 Å². The Morgan fingerprint density at radius 3 is 1.46 bits per heavy atom. The quantitative estimate of drug-likeness (QED) is 0.292. The average Bonchev–Trinajstić information content (AvgIpc) is 2.53. The Bertz CT molecular complexity index is 529. The second kappa shape index (κ2) is 9.23. The van der Waals surface area contributed by atoms with Crippen LogP contribution in [0.4, 0.5) is 17.3 Å². The van der Waals surface area contributed by atoms with Crippen LogP contribution in [0.25, 0.3) is 0 Å². The van der Waals surface area contributed by atoms with E-state index in [2.05, 4.69) is 32.9 Å². The topological polar surface area (TPSA) is 11.3 Å². The molecule has 2 aliphatic rings. The predicted octanol–water partition coefficient (Wildman–Crippen LogP) is 7.76. The van der Waals surface area contributed by atoms with Gasteiger partial charge in [0.2, 0.25) is 0 Å². The van der Waals surface area contributed by atoms with E-state index < -0.39 is 7.25 Å². The Morgan fingerprint density at radius 1 is 0.769 bits per heavy atom. The second-order valence-corrected chi connectivity index (χ2v) is 8.17. The fourth-order valence-corrected chi connectivity index (χ4v) is 4.53. The van der Waals surface area contributed by atoms with Gasteiger partial charge in [0.25, 0.3) is 0 Å². The summed E-state index contributed by atoms with van der Waals surface area (Å²) in [5.41, 5.74) is 1.39. The first-order valence-electron chi connectivity index (χ1n) is 9.97. The van der Waals surface area contributed by atoms with E-state index in [9.17, 15) is 17.3 Å². The maximum Gasteiger partial charge on any atom is 0.673 e. The lowest BCUT2D eigenvalue weighted by Gasteiger charge is -2.26. The smallest absolute Gasteiger partial charge is 0.418 e. The lowest BCUT2D eigenvalue weighted by molar-refractivity contribution is 0.247. The first-order valence-corrected chi connectivity index (χ1v) is 9.97. The molecule has 148 valence electrons. The van der Waals surface area contributed by atoms with E-state index in [1.54, 1.807) is 0 Å². The molecule has 1 nitrogen and oxygen atoms in total. The summed E-state index contributed by atoms with van der Waals surface area (Å²) in [5, 5.41) is 0. The zero-order chi connectivity index (χ0) is 19.3. The molecule has 0 bridgehead atoms. The van der Waals surface area contributed by atoms with Crippen molar-refractivity contribution in [2.24, 2.45) is 11.8 Å². The predicted molar refractivity (Wildman–Crippen MR) is 98.8 cm³/mol. The van der Waals surface area contributed by atoms with Crippen LogP contribution in [0.15, 0.2) is 16.5 Å². The molecule has 1 aromatic rings. The minimum Gasteiger partial charge on any atom is -0.418 e. The Labute approximate surface area is 154 Å². The molecule has 0 aliphatic heterocycles. The Balaban J connectivity index is 0.000000431. The highest BCUT2D eigenvalue weighted by Crippen LogP contribution is 2.42. The van der Waals surface area contributed by atoms with Gasteiger partial charge in [0.1, 0.15) is 0 Å². The molecular weight excluding hydrogens is 343 g/mol. The Hall–Kier alpha value is -1.07. The summed E-state index contributed by atoms with van der Waals surface area (Å²) in [7, 11) is -6.00. The molecule has 0 amide bonds. The molecule has 0 N–H and O–H groups in total. The molecule has 1 heterocycles. The van der Waals surface area contributed by atoms with Crippen LogP contribution >= 0.6 is 0 Å². The van der Waals surface area contributed by atoms with E-state index in [0.717, 1.165) is 11.8 Å². The van der Waals surface area contributed by atoms with Crippen molar-refractivity contribution in [3.05, 3.63) is 29.2 Å². The fourth-order valence-electron chi connectivity index (χ4n) is 4.53. The van der Waals surface area contributed by atoms with Crippen LogP contribution in [-0.2, 0) is 0 Å². The molecule has 0 radical (unpaired) electrons. The third-order valence-corrected chi connectivity index (χ3v) is 5.93. The van der Waals surface area contributed by atoms with Gasteiger partial charge in [-0.05, 0) is 50.0 Å². The fraction of sp³-hybridized carbons (Fsp3) is 0.750. The number of rotatable bonds is 2. The average molecular weight is 374 g/mol. The van der Waals surface area contributed by atoms with Gasteiger partial charge < -0.3 is 17.3 Å². The van der Waals surface area contributed by atoms with Gasteiger partial charge in [-0.15, -0.1) is 0 Å². The summed E-state index contributed by atoms with van der Waals surface area (Å²) in [5.74, 6) is 5.40. The SMILES string of the molecule is Cc1cc([C@H]2CCCC[C@H]2C)[o+]c([C@@H]2CCCC[C@@H]2C)c1.F[B-](F)(F)F. The lowest BCUT2D eigenvalue weighted by Crippen LogP contribution is -2.18. The highest BCUT2D eigenvalue weighted by molar-refractivity contribution is 6.50. The molecule has 0 aromatic carbocycles. The Morgan fingerprint density at radius 2 is 1.12 bits per heavy atom. The van der Waals surface area contributed by atoms with Gasteiger partial charge in [0, 0.05) is 12.1 Å². The van der Waals surface area contributed by atoms with E-state index in [1.165, 1.54) is 68.5 Å². The number of hydrogen-bond donors (Lipinski definition) is 0. The van der Waals surface area contributed by atoms with Crippen molar-refractivity contribution < 1.29 is 21.7 Å². The third kappa shape index (κ3) is 6.59. The molecule has 2 aliphatic carbocycles. The monoisotopic (exact) mass is 374 g/mol. The molecule has 6 heteroatoms. The molecule has 1 aromatic heterocycles. The molecule has 4 atom stereocenters. The minimum absolute atomic E-state index is 0.649. The van der Waals surface area contributed by atoms with E-state index in [-0.39, 0.29) is 0 Å². The molecular formula is C20H31BF4O. The highest BCUT2D eigenvalue weighted by atomic mass is 19.5. The van der Waals surface area contributed by atoms with Crippen molar-refractivity contribution >= 4 is 7.25 Å². The molecule has 2 fully saturated rings. The summed E-state index contributed by atoms with van der Waals surface area (Å²) in [6, 6.07) is 4.62. The summed E-state index contributed by atoms with van der Waals surface area (Å²) in [6.45, 7) is 7.05. The van der Waals surface area contributed by atoms with Gasteiger partial charge in [-0.1, -0.05) is 39.5 Å². The molecule has 0 spiro atoms. The van der Waals surface area contributed by atoms with Crippen molar-refractivity contribution in [3.63, 3.8) is 0 Å². The zero-order valence-electron chi connectivity index (χ0n) is 16.1. The van der Waals surface area contributed by atoms with E-state index >= 15 is 0 Å². The van der Waals surface area contributed by atoms with Gasteiger partial charge in [-0.25, -0.2) is 4.42 Å². The first kappa shape index (κ1) is 21.2. The lowest BCUT2D eigenvalue weighted by atomic mass is 9.77. The van der Waals surface area contributed by atoms with E-state index in [0.29, 0.717) is 11.8 Å².